The molecule has 0 amide bonds. The minimum absolute atomic E-state index is 0.191. The molecule has 0 unspecified atom stereocenters. The van der Waals surface area contributed by atoms with Crippen LogP contribution in [0, 0.1) is 5.92 Å². The molecule has 1 aliphatic carbocycles. The first kappa shape index (κ1) is 23.6. The van der Waals surface area contributed by atoms with Gasteiger partial charge in [0.05, 0.1) is 18.4 Å². The van der Waals surface area contributed by atoms with Gasteiger partial charge in [-0.05, 0) is 61.3 Å². The van der Waals surface area contributed by atoms with Gasteiger partial charge in [0.15, 0.2) is 0 Å². The number of benzene rings is 2. The van der Waals surface area contributed by atoms with Gasteiger partial charge < -0.3 is 14.6 Å². The standard InChI is InChI=1S/C26H30N2O3S2/c1-3-4-17-5-7-18(8-6-17)19-9-11-20(12-10-19)25-27-24(16-32-25)33-28-22-14-13-21(26(29)30)15-23(22)31-2/h9-18,28H,3-8H2,1-2H3,(H,29,30). The zero-order valence-electron chi connectivity index (χ0n) is 19.0. The topological polar surface area (TPSA) is 71.5 Å². The van der Waals surface area contributed by atoms with Crippen molar-refractivity contribution in [3.63, 3.8) is 0 Å². The number of hydrogen-bond acceptors (Lipinski definition) is 6. The van der Waals surface area contributed by atoms with Gasteiger partial charge in [0.2, 0.25) is 0 Å². The second kappa shape index (κ2) is 11.1. The molecule has 2 N–H and O–H groups in total. The Hall–Kier alpha value is -2.51. The fourth-order valence-corrected chi connectivity index (χ4v) is 6.15. The molecule has 0 spiro atoms. The van der Waals surface area contributed by atoms with Crippen molar-refractivity contribution in [2.45, 2.75) is 56.4 Å². The van der Waals surface area contributed by atoms with Crippen molar-refractivity contribution in [1.29, 1.82) is 0 Å². The van der Waals surface area contributed by atoms with Crippen LogP contribution in [0.25, 0.3) is 10.6 Å². The zero-order chi connectivity index (χ0) is 23.2. The average Bonchev–Trinajstić information content (AvgIpc) is 3.32. The highest BCUT2D eigenvalue weighted by Crippen LogP contribution is 2.38. The first-order valence-corrected chi connectivity index (χ1v) is 13.2. The average molecular weight is 483 g/mol. The van der Waals surface area contributed by atoms with Crippen molar-refractivity contribution in [3.8, 4) is 16.3 Å². The fraction of sp³-hybridized carbons (Fsp3) is 0.385. The van der Waals surface area contributed by atoms with Gasteiger partial charge in [0.25, 0.3) is 0 Å². The summed E-state index contributed by atoms with van der Waals surface area (Å²) < 4.78 is 8.54. The number of anilines is 1. The molecule has 0 radical (unpaired) electrons. The minimum Gasteiger partial charge on any atom is -0.495 e. The lowest BCUT2D eigenvalue weighted by atomic mass is 9.77. The quantitative estimate of drug-likeness (QED) is 0.304. The second-order valence-corrected chi connectivity index (χ2v) is 10.2. The van der Waals surface area contributed by atoms with Crippen LogP contribution < -0.4 is 9.46 Å². The summed E-state index contributed by atoms with van der Waals surface area (Å²) in [6, 6.07) is 13.7. The van der Waals surface area contributed by atoms with Crippen LogP contribution in [0.1, 0.15) is 67.3 Å². The van der Waals surface area contributed by atoms with Crippen molar-refractivity contribution >= 4 is 34.9 Å². The Morgan fingerprint density at radius 3 is 2.61 bits per heavy atom. The third kappa shape index (κ3) is 5.89. The summed E-state index contributed by atoms with van der Waals surface area (Å²) >= 11 is 3.01. The molecule has 0 bridgehead atoms. The van der Waals surface area contributed by atoms with Crippen molar-refractivity contribution < 1.29 is 14.6 Å². The molecule has 0 atom stereocenters. The highest BCUT2D eigenvalue weighted by molar-refractivity contribution is 8.00. The van der Waals surface area contributed by atoms with Crippen molar-refractivity contribution in [2.75, 3.05) is 11.8 Å². The number of aromatic carboxylic acids is 1. The van der Waals surface area contributed by atoms with Gasteiger partial charge in [-0.1, -0.05) is 44.0 Å². The van der Waals surface area contributed by atoms with E-state index in [9.17, 15) is 4.79 Å². The Balaban J connectivity index is 1.36. The molecular weight excluding hydrogens is 452 g/mol. The Kier molecular flexibility index (Phi) is 7.93. The number of methoxy groups -OCH3 is 1. The summed E-state index contributed by atoms with van der Waals surface area (Å²) in [5.74, 6) is 1.13. The maximum absolute atomic E-state index is 11.2. The maximum atomic E-state index is 11.2. The van der Waals surface area contributed by atoms with Crippen LogP contribution in [0.3, 0.4) is 0 Å². The van der Waals surface area contributed by atoms with E-state index in [2.05, 4.69) is 35.9 Å². The van der Waals surface area contributed by atoms with Gasteiger partial charge >= 0.3 is 5.97 Å². The SMILES string of the molecule is CCCC1CCC(c2ccc(-c3nc(SNc4ccc(C(=O)O)cc4OC)cs3)cc2)CC1. The van der Waals surface area contributed by atoms with E-state index in [-0.39, 0.29) is 5.56 Å². The third-order valence-electron chi connectivity index (χ3n) is 6.37. The Morgan fingerprint density at radius 2 is 1.94 bits per heavy atom. The molecule has 1 saturated carbocycles. The number of hydrogen-bond donors (Lipinski definition) is 2. The number of nitrogens with one attached hydrogen (secondary N) is 1. The number of ether oxygens (including phenoxy) is 1. The molecule has 1 fully saturated rings. The predicted octanol–water partition coefficient (Wildman–Crippen LogP) is 7.71. The fourth-order valence-electron chi connectivity index (χ4n) is 4.54. The second-order valence-electron chi connectivity index (χ2n) is 8.54. The summed E-state index contributed by atoms with van der Waals surface area (Å²) in [5, 5.41) is 13.0. The van der Waals surface area contributed by atoms with Crippen molar-refractivity contribution in [2.24, 2.45) is 5.92 Å². The first-order chi connectivity index (χ1) is 16.1. The molecule has 1 heterocycles. The molecule has 33 heavy (non-hydrogen) atoms. The van der Waals surface area contributed by atoms with E-state index >= 15 is 0 Å². The maximum Gasteiger partial charge on any atom is 0.335 e. The van der Waals surface area contributed by atoms with Crippen molar-refractivity contribution in [1.82, 2.24) is 4.98 Å². The number of aromatic nitrogens is 1. The van der Waals surface area contributed by atoms with Gasteiger partial charge in [0, 0.05) is 22.9 Å². The molecule has 7 heteroatoms. The lowest BCUT2D eigenvalue weighted by molar-refractivity contribution is 0.0696. The molecule has 174 valence electrons. The van der Waals surface area contributed by atoms with Gasteiger partial charge in [-0.3, -0.25) is 0 Å². The Labute approximate surface area is 203 Å². The largest absolute Gasteiger partial charge is 0.495 e. The van der Waals surface area contributed by atoms with E-state index in [0.717, 1.165) is 21.5 Å². The smallest absolute Gasteiger partial charge is 0.335 e. The number of carboxylic acid groups (broad SMARTS) is 1. The molecule has 1 aliphatic rings. The summed E-state index contributed by atoms with van der Waals surface area (Å²) in [4.78, 5) is 15.9. The zero-order valence-corrected chi connectivity index (χ0v) is 20.7. The highest BCUT2D eigenvalue weighted by Gasteiger charge is 2.22. The molecule has 5 nitrogen and oxygen atoms in total. The monoisotopic (exact) mass is 482 g/mol. The van der Waals surface area contributed by atoms with Crippen LogP contribution in [-0.2, 0) is 0 Å². The predicted molar refractivity (Wildman–Crippen MR) is 137 cm³/mol. The first-order valence-electron chi connectivity index (χ1n) is 11.5. The van der Waals surface area contributed by atoms with Crippen molar-refractivity contribution in [3.05, 3.63) is 59.0 Å². The lowest BCUT2D eigenvalue weighted by Gasteiger charge is -2.28. The van der Waals surface area contributed by atoms with Crippen LogP contribution >= 0.6 is 23.3 Å². The molecule has 1 aromatic heterocycles. The summed E-state index contributed by atoms with van der Waals surface area (Å²) in [6.07, 6.45) is 8.03. The third-order valence-corrected chi connectivity index (χ3v) is 8.15. The molecule has 2 aromatic carbocycles. The molecule has 4 rings (SSSR count). The van der Waals surface area contributed by atoms with Gasteiger partial charge in [-0.25, -0.2) is 9.78 Å². The number of carbonyl (C=O) groups is 1. The molecular formula is C26H30N2O3S2. The van der Waals surface area contributed by atoms with E-state index < -0.39 is 5.97 Å². The van der Waals surface area contributed by atoms with Crippen LogP contribution in [0.4, 0.5) is 5.69 Å². The Morgan fingerprint density at radius 1 is 1.18 bits per heavy atom. The summed E-state index contributed by atoms with van der Waals surface area (Å²) in [5.41, 5.74) is 3.49. The number of thiazole rings is 1. The van der Waals surface area contributed by atoms with Gasteiger partial charge in [-0.2, -0.15) is 0 Å². The highest BCUT2D eigenvalue weighted by atomic mass is 32.2. The Bertz CT molecular complexity index is 1070. The minimum atomic E-state index is -0.980. The molecule has 0 aliphatic heterocycles. The van der Waals surface area contributed by atoms with E-state index in [1.807, 2.05) is 5.38 Å². The van der Waals surface area contributed by atoms with E-state index in [1.54, 1.807) is 23.5 Å². The normalized spacial score (nSPS) is 18.1. The van der Waals surface area contributed by atoms with Crippen LogP contribution in [0.15, 0.2) is 52.9 Å². The van der Waals surface area contributed by atoms with E-state index in [1.165, 1.54) is 69.2 Å². The summed E-state index contributed by atoms with van der Waals surface area (Å²) in [6.45, 7) is 2.29. The number of carboxylic acids is 1. The van der Waals surface area contributed by atoms with Crippen LogP contribution in [0.2, 0.25) is 0 Å². The summed E-state index contributed by atoms with van der Waals surface area (Å²) in [7, 11) is 1.53. The van der Waals surface area contributed by atoms with Gasteiger partial charge in [-0.15, -0.1) is 11.3 Å². The number of nitrogens with zero attached hydrogens (tertiary/aromatic N) is 1. The lowest BCUT2D eigenvalue weighted by Crippen LogP contribution is -2.13. The molecule has 0 saturated heterocycles. The van der Waals surface area contributed by atoms with E-state index in [4.69, 9.17) is 14.8 Å². The van der Waals surface area contributed by atoms with E-state index in [0.29, 0.717) is 17.4 Å². The number of rotatable bonds is 9. The molecule has 3 aromatic rings. The van der Waals surface area contributed by atoms with Crippen LogP contribution in [-0.4, -0.2) is 23.2 Å². The van der Waals surface area contributed by atoms with Gasteiger partial charge in [0.1, 0.15) is 15.8 Å². The van der Waals surface area contributed by atoms with Crippen LogP contribution in [0.5, 0.6) is 5.75 Å².